The summed E-state index contributed by atoms with van der Waals surface area (Å²) in [6, 6.07) is 20.9. The lowest BCUT2D eigenvalue weighted by Crippen LogP contribution is -2.52. The number of carboxylic acids is 1. The fourth-order valence-electron chi connectivity index (χ4n) is 7.97. The third-order valence-corrected chi connectivity index (χ3v) is 11.6. The molecule has 7 rings (SSSR count). The maximum atomic E-state index is 14.0. The molecule has 4 aromatic rings. The summed E-state index contributed by atoms with van der Waals surface area (Å²) in [4.78, 5) is 31.2. The number of carbonyl (C=O) groups excluding carboxylic acids is 1. The zero-order valence-electron chi connectivity index (χ0n) is 26.7. The van der Waals surface area contributed by atoms with Gasteiger partial charge in [-0.25, -0.2) is 4.79 Å². The second kappa shape index (κ2) is 14.0. The number of piperazine rings is 1. The van der Waals surface area contributed by atoms with Crippen molar-refractivity contribution >= 4 is 33.4 Å². The zero-order chi connectivity index (χ0) is 31.5. The molecule has 0 bridgehead atoms. The highest BCUT2D eigenvalue weighted by Crippen LogP contribution is 2.47. The number of thiophene rings is 1. The smallest absolute Gasteiger partial charge is 0.345 e. The van der Waals surface area contributed by atoms with Crippen molar-refractivity contribution < 1.29 is 19.4 Å². The fourth-order valence-corrected chi connectivity index (χ4v) is 9.09. The first-order valence-corrected chi connectivity index (χ1v) is 18.0. The van der Waals surface area contributed by atoms with E-state index in [9.17, 15) is 14.7 Å². The minimum Gasteiger partial charge on any atom is -0.489 e. The fraction of sp³-hybridized carbons (Fsp3) is 0.474. The van der Waals surface area contributed by atoms with Gasteiger partial charge in [0.15, 0.2) is 0 Å². The van der Waals surface area contributed by atoms with Gasteiger partial charge >= 0.3 is 5.97 Å². The molecule has 8 heteroatoms. The van der Waals surface area contributed by atoms with Crippen molar-refractivity contribution in [2.24, 2.45) is 0 Å². The number of carbonyl (C=O) groups is 2. The lowest BCUT2D eigenvalue weighted by atomic mass is 9.83. The topological polar surface area (TPSA) is 75.0 Å². The minimum absolute atomic E-state index is 0.113. The van der Waals surface area contributed by atoms with Crippen LogP contribution < -0.4 is 4.74 Å². The molecule has 2 aromatic heterocycles. The van der Waals surface area contributed by atoms with Crippen LogP contribution in [0.3, 0.4) is 0 Å². The number of amides is 1. The molecular weight excluding hydrogens is 595 g/mol. The van der Waals surface area contributed by atoms with Crippen molar-refractivity contribution in [3.8, 4) is 17.0 Å². The molecule has 0 atom stereocenters. The van der Waals surface area contributed by atoms with E-state index in [4.69, 9.17) is 4.74 Å². The zero-order valence-corrected chi connectivity index (χ0v) is 27.5. The monoisotopic (exact) mass is 639 g/mol. The predicted molar refractivity (Wildman–Crippen MR) is 184 cm³/mol. The largest absolute Gasteiger partial charge is 0.489 e. The number of rotatable bonds is 9. The lowest BCUT2D eigenvalue weighted by Gasteiger charge is -2.40. The first-order valence-electron chi connectivity index (χ1n) is 17.2. The summed E-state index contributed by atoms with van der Waals surface area (Å²) in [7, 11) is 0. The number of nitrogens with zero attached hydrogens (tertiary/aromatic N) is 3. The Balaban J connectivity index is 1.20. The summed E-state index contributed by atoms with van der Waals surface area (Å²) in [5.41, 5.74) is 5.32. The van der Waals surface area contributed by atoms with Crippen LogP contribution in [-0.4, -0.2) is 63.6 Å². The molecule has 0 radical (unpaired) electrons. The van der Waals surface area contributed by atoms with Crippen molar-refractivity contribution in [3.63, 3.8) is 0 Å². The standard InChI is InChI=1S/C38H45N3O4S/c42-34(40-22-20-39(21-23-40)30-14-8-3-9-15-30)25-41-32-24-33(38(43)44)46-37(32)35(28-12-6-2-7-13-28)36(41)29-16-18-31(19-17-29)45-26-27-10-4-1-5-11-27/h1,4-5,10-11,16-19,24,28,30H,2-3,6-9,12-15,20-23,25-26H2,(H,43,44). The first-order chi connectivity index (χ1) is 22.5. The molecule has 0 spiro atoms. The van der Waals surface area contributed by atoms with Crippen LogP contribution in [0.1, 0.15) is 90.9 Å². The summed E-state index contributed by atoms with van der Waals surface area (Å²) in [6.07, 6.45) is 12.3. The number of carboxylic acid groups (broad SMARTS) is 1. The summed E-state index contributed by atoms with van der Waals surface area (Å²) in [5, 5.41) is 9.97. The Bertz CT molecular complexity index is 1640. The Morgan fingerprint density at radius 3 is 2.17 bits per heavy atom. The number of hydrogen-bond acceptors (Lipinski definition) is 5. The quantitative estimate of drug-likeness (QED) is 0.200. The molecule has 2 aliphatic carbocycles. The van der Waals surface area contributed by atoms with Crippen LogP contribution in [0.4, 0.5) is 0 Å². The summed E-state index contributed by atoms with van der Waals surface area (Å²) >= 11 is 1.37. The molecular formula is C38H45N3O4S. The van der Waals surface area contributed by atoms with E-state index >= 15 is 0 Å². The van der Waals surface area contributed by atoms with Gasteiger partial charge in [0.1, 0.15) is 23.8 Å². The first kappa shape index (κ1) is 31.0. The number of fused-ring (bicyclic) bond motifs is 1. The second-order valence-electron chi connectivity index (χ2n) is 13.3. The molecule has 46 heavy (non-hydrogen) atoms. The summed E-state index contributed by atoms with van der Waals surface area (Å²) in [6.45, 7) is 4.08. The summed E-state index contributed by atoms with van der Waals surface area (Å²) in [5.74, 6) is 0.347. The maximum absolute atomic E-state index is 14.0. The molecule has 2 aromatic carbocycles. The van der Waals surface area contributed by atoms with Crippen LogP contribution in [0.5, 0.6) is 5.75 Å². The van der Waals surface area contributed by atoms with E-state index in [0.717, 1.165) is 71.8 Å². The predicted octanol–water partition coefficient (Wildman–Crippen LogP) is 8.17. The van der Waals surface area contributed by atoms with Gasteiger partial charge in [0.05, 0.1) is 15.9 Å². The third kappa shape index (κ3) is 6.60. The Kier molecular flexibility index (Phi) is 9.45. The molecule has 3 aliphatic rings. The SMILES string of the molecule is O=C(O)c1cc2c(s1)c(C1CCCCC1)c(-c1ccc(OCc3ccccc3)cc1)n2CC(=O)N1CCN(C2CCCCC2)CC1. The second-order valence-corrected chi connectivity index (χ2v) is 14.4. The van der Waals surface area contributed by atoms with Gasteiger partial charge in [-0.15, -0.1) is 11.3 Å². The van der Waals surface area contributed by atoms with E-state index < -0.39 is 5.97 Å². The van der Waals surface area contributed by atoms with Crippen molar-refractivity contribution in [1.82, 2.24) is 14.4 Å². The lowest BCUT2D eigenvalue weighted by molar-refractivity contribution is -0.133. The molecule has 1 N–H and O–H groups in total. The van der Waals surface area contributed by atoms with Gasteiger partial charge in [-0.3, -0.25) is 9.69 Å². The molecule has 1 saturated heterocycles. The van der Waals surface area contributed by atoms with E-state index in [1.165, 1.54) is 68.3 Å². The Morgan fingerprint density at radius 1 is 0.826 bits per heavy atom. The Hall–Kier alpha value is -3.62. The van der Waals surface area contributed by atoms with Crippen LogP contribution >= 0.6 is 11.3 Å². The van der Waals surface area contributed by atoms with E-state index in [1.54, 1.807) is 6.07 Å². The normalized spacial score (nSPS) is 18.7. The highest BCUT2D eigenvalue weighted by molar-refractivity contribution is 7.21. The van der Waals surface area contributed by atoms with Crippen LogP contribution in [0.2, 0.25) is 0 Å². The molecule has 242 valence electrons. The molecule has 1 amide bonds. The molecule has 1 aliphatic heterocycles. The molecule has 0 unspecified atom stereocenters. The van der Waals surface area contributed by atoms with E-state index in [-0.39, 0.29) is 12.5 Å². The van der Waals surface area contributed by atoms with Gasteiger partial charge in [0.25, 0.3) is 0 Å². The summed E-state index contributed by atoms with van der Waals surface area (Å²) < 4.78 is 9.27. The Labute approximate surface area is 275 Å². The van der Waals surface area contributed by atoms with Crippen molar-refractivity contribution in [2.75, 3.05) is 26.2 Å². The average Bonchev–Trinajstić information content (AvgIpc) is 3.67. The number of benzene rings is 2. The number of aromatic nitrogens is 1. The van der Waals surface area contributed by atoms with Crippen LogP contribution in [0.15, 0.2) is 60.7 Å². The number of hydrogen-bond donors (Lipinski definition) is 1. The number of ether oxygens (including phenoxy) is 1. The Morgan fingerprint density at radius 2 is 1.50 bits per heavy atom. The van der Waals surface area contributed by atoms with Crippen molar-refractivity contribution in [3.05, 3.63) is 76.7 Å². The van der Waals surface area contributed by atoms with Crippen molar-refractivity contribution in [1.29, 1.82) is 0 Å². The highest BCUT2D eigenvalue weighted by Gasteiger charge is 2.32. The van der Waals surface area contributed by atoms with Gasteiger partial charge in [-0.2, -0.15) is 0 Å². The van der Waals surface area contributed by atoms with Crippen molar-refractivity contribution in [2.45, 2.75) is 89.3 Å². The van der Waals surface area contributed by atoms with Crippen LogP contribution in [0, 0.1) is 0 Å². The van der Waals surface area contributed by atoms with Crippen LogP contribution in [-0.2, 0) is 17.9 Å². The van der Waals surface area contributed by atoms with Gasteiger partial charge in [0, 0.05) is 32.2 Å². The van der Waals surface area contributed by atoms with Gasteiger partial charge in [0.2, 0.25) is 5.91 Å². The minimum atomic E-state index is -0.908. The molecule has 2 saturated carbocycles. The van der Waals surface area contributed by atoms with Gasteiger partial charge < -0.3 is 19.3 Å². The number of aromatic carboxylic acids is 1. The molecule has 3 heterocycles. The molecule has 7 nitrogen and oxygen atoms in total. The van der Waals surface area contributed by atoms with Crippen LogP contribution in [0.25, 0.3) is 21.5 Å². The van der Waals surface area contributed by atoms with Gasteiger partial charge in [-0.1, -0.05) is 68.9 Å². The highest BCUT2D eigenvalue weighted by atomic mass is 32.1. The van der Waals surface area contributed by atoms with E-state index in [0.29, 0.717) is 23.4 Å². The average molecular weight is 640 g/mol. The van der Waals surface area contributed by atoms with Gasteiger partial charge in [-0.05, 0) is 78.6 Å². The van der Waals surface area contributed by atoms with E-state index in [1.807, 2.05) is 35.2 Å². The maximum Gasteiger partial charge on any atom is 0.345 e. The third-order valence-electron chi connectivity index (χ3n) is 10.4. The van der Waals surface area contributed by atoms with E-state index in [2.05, 4.69) is 33.7 Å². The molecule has 3 fully saturated rings.